The molecule has 5 aliphatic carbocycles. The van der Waals surface area contributed by atoms with Crippen molar-refractivity contribution in [3.8, 4) is 0 Å². The predicted molar refractivity (Wildman–Crippen MR) is 156 cm³/mol. The first-order chi connectivity index (χ1) is 17.9. The van der Waals surface area contributed by atoms with Crippen LogP contribution in [0.3, 0.4) is 0 Å². The second kappa shape index (κ2) is 8.84. The highest BCUT2D eigenvalue weighted by molar-refractivity contribution is 5.76. The second-order valence-electron chi connectivity index (χ2n) is 17.2. The quantitative estimate of drug-likeness (QED) is 0.287. The van der Waals surface area contributed by atoms with Gasteiger partial charge in [0.2, 0.25) is 0 Å². The number of carboxylic acid groups (broad SMARTS) is 1. The largest absolute Gasteiger partial charge is 0.481 e. The molecule has 10 atom stereocenters. The van der Waals surface area contributed by atoms with Crippen LogP contribution >= 0.6 is 0 Å². The first kappa shape index (κ1) is 29.2. The fourth-order valence-electron chi connectivity index (χ4n) is 12.0. The van der Waals surface area contributed by atoms with E-state index in [0.717, 1.165) is 44.9 Å². The Balaban J connectivity index is 1.48. The van der Waals surface area contributed by atoms with Crippen LogP contribution in [0.4, 0.5) is 0 Å². The monoisotopic (exact) mass is 540 g/mol. The lowest BCUT2D eigenvalue weighted by Gasteiger charge is -2.72. The molecule has 220 valence electrons. The van der Waals surface area contributed by atoms with Crippen LogP contribution in [0.25, 0.3) is 0 Å². The summed E-state index contributed by atoms with van der Waals surface area (Å²) >= 11 is 0. The molecule has 0 saturated heterocycles. The van der Waals surface area contributed by atoms with Gasteiger partial charge in [-0.2, -0.15) is 0 Å². The van der Waals surface area contributed by atoms with Gasteiger partial charge in [0, 0.05) is 5.41 Å². The maximum atomic E-state index is 12.9. The third kappa shape index (κ3) is 3.80. The van der Waals surface area contributed by atoms with Crippen LogP contribution in [0, 0.1) is 62.1 Å². The fourth-order valence-corrected chi connectivity index (χ4v) is 12.0. The van der Waals surface area contributed by atoms with Crippen LogP contribution in [-0.2, 0) is 14.3 Å². The van der Waals surface area contributed by atoms with E-state index in [1.54, 1.807) is 0 Å². The highest BCUT2D eigenvalue weighted by atomic mass is 16.5. The molecule has 0 heterocycles. The summed E-state index contributed by atoms with van der Waals surface area (Å²) in [5, 5.41) is 10.6. The summed E-state index contributed by atoms with van der Waals surface area (Å²) in [6, 6.07) is 0. The Bertz CT molecular complexity index is 1050. The predicted octanol–water partition coefficient (Wildman–Crippen LogP) is 8.69. The molecule has 0 aromatic heterocycles. The number of hydrogen-bond donors (Lipinski definition) is 1. The first-order valence-corrected chi connectivity index (χ1v) is 16.0. The average molecular weight is 541 g/mol. The van der Waals surface area contributed by atoms with Gasteiger partial charge < -0.3 is 9.84 Å². The summed E-state index contributed by atoms with van der Waals surface area (Å²) in [6.45, 7) is 24.8. The molecular formula is C35H56O4. The van der Waals surface area contributed by atoms with Gasteiger partial charge in [0.15, 0.2) is 0 Å². The third-order valence-corrected chi connectivity index (χ3v) is 14.3. The maximum Gasteiger partial charge on any atom is 0.311 e. The van der Waals surface area contributed by atoms with Crippen LogP contribution < -0.4 is 0 Å². The summed E-state index contributed by atoms with van der Waals surface area (Å²) in [6.07, 6.45) is 10.4. The molecule has 4 heteroatoms. The van der Waals surface area contributed by atoms with Crippen molar-refractivity contribution in [2.24, 2.45) is 62.1 Å². The number of esters is 1. The first-order valence-electron chi connectivity index (χ1n) is 16.0. The van der Waals surface area contributed by atoms with E-state index < -0.39 is 16.8 Å². The Morgan fingerprint density at radius 1 is 0.821 bits per heavy atom. The van der Waals surface area contributed by atoms with E-state index in [1.807, 2.05) is 20.8 Å². The Morgan fingerprint density at radius 3 is 2.08 bits per heavy atom. The van der Waals surface area contributed by atoms with E-state index in [0.29, 0.717) is 23.7 Å². The molecule has 0 spiro atoms. The van der Waals surface area contributed by atoms with Crippen molar-refractivity contribution in [3.05, 3.63) is 12.2 Å². The van der Waals surface area contributed by atoms with Crippen LogP contribution in [0.5, 0.6) is 0 Å². The van der Waals surface area contributed by atoms with E-state index in [2.05, 4.69) is 48.1 Å². The zero-order chi connectivity index (χ0) is 29.0. The van der Waals surface area contributed by atoms with Crippen molar-refractivity contribution in [1.82, 2.24) is 0 Å². The van der Waals surface area contributed by atoms with Gasteiger partial charge in [0.25, 0.3) is 0 Å². The zero-order valence-electron chi connectivity index (χ0n) is 26.4. The minimum Gasteiger partial charge on any atom is -0.481 e. The Morgan fingerprint density at radius 2 is 1.49 bits per heavy atom. The van der Waals surface area contributed by atoms with Crippen LogP contribution in [0.15, 0.2) is 12.2 Å². The number of carboxylic acids is 1. The van der Waals surface area contributed by atoms with Crippen molar-refractivity contribution in [3.63, 3.8) is 0 Å². The van der Waals surface area contributed by atoms with Crippen molar-refractivity contribution in [1.29, 1.82) is 0 Å². The summed E-state index contributed by atoms with van der Waals surface area (Å²) < 4.78 is 6.24. The van der Waals surface area contributed by atoms with Crippen molar-refractivity contribution < 1.29 is 19.4 Å². The van der Waals surface area contributed by atoms with Crippen LogP contribution in [-0.4, -0.2) is 23.1 Å². The highest BCUT2D eigenvalue weighted by Crippen LogP contribution is 2.77. The molecule has 0 aromatic carbocycles. The van der Waals surface area contributed by atoms with Gasteiger partial charge in [-0.25, -0.2) is 0 Å². The maximum absolute atomic E-state index is 12.9. The minimum absolute atomic E-state index is 0.0285. The number of carbonyl (C=O) groups excluding carboxylic acids is 1. The van der Waals surface area contributed by atoms with E-state index in [4.69, 9.17) is 4.74 Å². The molecule has 0 amide bonds. The zero-order valence-corrected chi connectivity index (χ0v) is 26.4. The molecule has 1 N–H and O–H groups in total. The number of rotatable bonds is 3. The molecule has 0 aliphatic heterocycles. The average Bonchev–Trinajstić information content (AvgIpc) is 3.22. The SMILES string of the molecule is C=C(C)[C@@H]1CCC2(C(=O)O)CC[C@]3(C)[C@H](CC[C@@H]4[C@@]5(C)CC[C@H](OC(=O)C(C)(C)C)C(C)(C)[C@@H]5CC[C@]43C)[C@@H]12. The van der Waals surface area contributed by atoms with Crippen LogP contribution in [0.1, 0.15) is 127 Å². The number of carbonyl (C=O) groups is 2. The smallest absolute Gasteiger partial charge is 0.311 e. The lowest BCUT2D eigenvalue weighted by atomic mass is 9.32. The Kier molecular flexibility index (Phi) is 6.61. The molecule has 5 saturated carbocycles. The van der Waals surface area contributed by atoms with Crippen LogP contribution in [0.2, 0.25) is 0 Å². The van der Waals surface area contributed by atoms with Gasteiger partial charge in [0.05, 0.1) is 10.8 Å². The summed E-state index contributed by atoms with van der Waals surface area (Å²) in [7, 11) is 0. The molecule has 0 aromatic rings. The number of fused-ring (bicyclic) bond motifs is 7. The summed E-state index contributed by atoms with van der Waals surface area (Å²) in [4.78, 5) is 25.8. The van der Waals surface area contributed by atoms with Gasteiger partial charge in [0.1, 0.15) is 6.10 Å². The van der Waals surface area contributed by atoms with E-state index >= 15 is 0 Å². The summed E-state index contributed by atoms with van der Waals surface area (Å²) in [5.41, 5.74) is 0.636. The Labute approximate surface area is 238 Å². The number of aliphatic carboxylic acids is 1. The van der Waals surface area contributed by atoms with Gasteiger partial charge >= 0.3 is 11.9 Å². The van der Waals surface area contributed by atoms with E-state index in [1.165, 1.54) is 24.8 Å². The van der Waals surface area contributed by atoms with Crippen molar-refractivity contribution in [2.45, 2.75) is 133 Å². The molecule has 0 radical (unpaired) electrons. The van der Waals surface area contributed by atoms with Gasteiger partial charge in [-0.3, -0.25) is 9.59 Å². The normalized spacial score (nSPS) is 48.6. The molecule has 1 unspecified atom stereocenters. The van der Waals surface area contributed by atoms with Crippen molar-refractivity contribution >= 4 is 11.9 Å². The second-order valence-corrected chi connectivity index (χ2v) is 17.2. The molecule has 39 heavy (non-hydrogen) atoms. The third-order valence-electron chi connectivity index (χ3n) is 14.3. The van der Waals surface area contributed by atoms with Gasteiger partial charge in [-0.15, -0.1) is 0 Å². The van der Waals surface area contributed by atoms with E-state index in [-0.39, 0.29) is 39.7 Å². The summed E-state index contributed by atoms with van der Waals surface area (Å²) in [5.74, 6) is 1.52. The molecule has 5 rings (SSSR count). The van der Waals surface area contributed by atoms with Gasteiger partial charge in [-0.05, 0) is 138 Å². The number of ether oxygens (including phenoxy) is 1. The number of hydrogen-bond acceptors (Lipinski definition) is 3. The lowest BCUT2D eigenvalue weighted by molar-refractivity contribution is -0.251. The highest BCUT2D eigenvalue weighted by Gasteiger charge is 2.72. The minimum atomic E-state index is -0.560. The molecule has 5 fully saturated rings. The topological polar surface area (TPSA) is 63.6 Å². The molecular weight excluding hydrogens is 484 g/mol. The van der Waals surface area contributed by atoms with Crippen molar-refractivity contribution in [2.75, 3.05) is 0 Å². The number of allylic oxidation sites excluding steroid dienone is 1. The molecule has 4 nitrogen and oxygen atoms in total. The van der Waals surface area contributed by atoms with E-state index in [9.17, 15) is 14.7 Å². The molecule has 0 bridgehead atoms. The Hall–Kier alpha value is -1.32. The fraction of sp³-hybridized carbons (Fsp3) is 0.886. The van der Waals surface area contributed by atoms with Gasteiger partial charge in [-0.1, -0.05) is 46.8 Å². The molecule has 5 aliphatic rings. The standard InChI is InChI=1S/C35H56O4/c1-21(2)22-13-18-35(28(36)37)20-19-33(9)23(27(22)35)11-12-25-32(8)16-15-26(39-29(38)30(3,4)5)31(6,7)24(32)14-17-34(25,33)10/h22-27H,1,11-20H2,2-10H3,(H,36,37)/t22-,23+,24-,25+,26-,27+,32-,33+,34+,35?/m0/s1. The lowest BCUT2D eigenvalue weighted by Crippen LogP contribution is -2.67.